The molecule has 0 heterocycles. The van der Waals surface area contributed by atoms with Crippen LogP contribution in [0.5, 0.6) is 0 Å². The van der Waals surface area contributed by atoms with Gasteiger partial charge >= 0.3 is 0 Å². The van der Waals surface area contributed by atoms with Crippen LogP contribution in [0.2, 0.25) is 0 Å². The van der Waals surface area contributed by atoms with Gasteiger partial charge in [-0.25, -0.2) is 0 Å². The third-order valence-corrected chi connectivity index (χ3v) is 10.1. The van der Waals surface area contributed by atoms with Crippen molar-refractivity contribution >= 4 is 42.9 Å². The Hall–Kier alpha value is -2.81. The summed E-state index contributed by atoms with van der Waals surface area (Å²) in [7, 11) is -1.83. The van der Waals surface area contributed by atoms with Crippen molar-refractivity contribution in [1.29, 1.82) is 0 Å². The van der Waals surface area contributed by atoms with Crippen LogP contribution in [0.4, 0.5) is 0 Å². The number of hydrogen-bond donors (Lipinski definition) is 0. The molecule has 0 fully saturated rings. The molecule has 0 N–H and O–H groups in total. The first-order chi connectivity index (χ1) is 14.4. The lowest BCUT2D eigenvalue weighted by atomic mass is 10.4. The number of nitrogens with zero attached hydrogens (tertiary/aromatic N) is 1. The normalized spacial score (nSPS) is 10.7. The lowest BCUT2D eigenvalue weighted by Crippen LogP contribution is -2.19. The molecule has 140 valence electrons. The van der Waals surface area contributed by atoms with E-state index in [1.807, 2.05) is 24.3 Å². The SMILES string of the molecule is [N-]=C=C(P(c1ccccc1)c1ccccc1)P(c1ccccc1)c1ccccc1. The van der Waals surface area contributed by atoms with Crippen molar-refractivity contribution in [2.75, 3.05) is 0 Å². The second kappa shape index (κ2) is 9.60. The van der Waals surface area contributed by atoms with Crippen LogP contribution in [0.25, 0.3) is 5.41 Å². The van der Waals surface area contributed by atoms with Gasteiger partial charge in [0.1, 0.15) is 0 Å². The molecule has 0 spiro atoms. The largest absolute Gasteiger partial charge is 0.763 e. The summed E-state index contributed by atoms with van der Waals surface area (Å²) >= 11 is 0. The minimum Gasteiger partial charge on any atom is -0.763 e. The molecule has 0 radical (unpaired) electrons. The maximum Gasteiger partial charge on any atom is 0.0131 e. The molecule has 0 atom stereocenters. The van der Waals surface area contributed by atoms with Crippen molar-refractivity contribution in [3.63, 3.8) is 0 Å². The third-order valence-electron chi connectivity index (χ3n) is 4.58. The van der Waals surface area contributed by atoms with Gasteiger partial charge in [0.15, 0.2) is 0 Å². The lowest BCUT2D eigenvalue weighted by Gasteiger charge is -2.29. The molecule has 29 heavy (non-hydrogen) atoms. The molecule has 0 aliphatic rings. The summed E-state index contributed by atoms with van der Waals surface area (Å²) in [4.78, 5) is 0. The Kier molecular flexibility index (Phi) is 6.45. The zero-order valence-electron chi connectivity index (χ0n) is 15.9. The van der Waals surface area contributed by atoms with Gasteiger partial charge in [-0.3, -0.25) is 5.87 Å². The topological polar surface area (TPSA) is 22.3 Å². The molecular formula is C26H20NP2-. The first-order valence-corrected chi connectivity index (χ1v) is 12.1. The number of benzene rings is 4. The molecular weight excluding hydrogens is 388 g/mol. The van der Waals surface area contributed by atoms with Gasteiger partial charge in [0.25, 0.3) is 0 Å². The fourth-order valence-corrected chi connectivity index (χ4v) is 9.14. The van der Waals surface area contributed by atoms with Crippen LogP contribution in [0, 0.1) is 0 Å². The van der Waals surface area contributed by atoms with Crippen LogP contribution in [0.15, 0.2) is 126 Å². The highest BCUT2D eigenvalue weighted by Crippen LogP contribution is 2.58. The fourth-order valence-electron chi connectivity index (χ4n) is 3.30. The minimum atomic E-state index is -0.917. The van der Waals surface area contributed by atoms with Crippen molar-refractivity contribution in [3.8, 4) is 0 Å². The predicted molar refractivity (Wildman–Crippen MR) is 130 cm³/mol. The Bertz CT molecular complexity index is 927. The van der Waals surface area contributed by atoms with Gasteiger partial charge in [-0.2, -0.15) is 0 Å². The summed E-state index contributed by atoms with van der Waals surface area (Å²) in [5.74, 6) is 2.67. The van der Waals surface area contributed by atoms with Crippen LogP contribution in [0.1, 0.15) is 0 Å². The van der Waals surface area contributed by atoms with Gasteiger partial charge in [-0.15, -0.1) is 0 Å². The molecule has 4 aromatic carbocycles. The summed E-state index contributed by atoms with van der Waals surface area (Å²) in [6.45, 7) is 0. The van der Waals surface area contributed by atoms with Crippen molar-refractivity contribution in [2.24, 2.45) is 0 Å². The summed E-state index contributed by atoms with van der Waals surface area (Å²) in [6, 6.07) is 41.9. The van der Waals surface area contributed by atoms with Crippen molar-refractivity contribution in [1.82, 2.24) is 0 Å². The fraction of sp³-hybridized carbons (Fsp3) is 0. The van der Waals surface area contributed by atoms with Crippen molar-refractivity contribution in [3.05, 3.63) is 132 Å². The number of hydrogen-bond acceptors (Lipinski definition) is 0. The zero-order chi connectivity index (χ0) is 19.9. The van der Waals surface area contributed by atoms with E-state index in [-0.39, 0.29) is 0 Å². The molecule has 4 rings (SSSR count). The predicted octanol–water partition coefficient (Wildman–Crippen LogP) is 5.33. The quantitative estimate of drug-likeness (QED) is 0.304. The Morgan fingerprint density at radius 3 is 0.897 bits per heavy atom. The highest BCUT2D eigenvalue weighted by atomic mass is 31.2. The van der Waals surface area contributed by atoms with Gasteiger partial charge in [-0.1, -0.05) is 121 Å². The average molecular weight is 408 g/mol. The molecule has 0 amide bonds. The molecule has 3 heteroatoms. The molecule has 0 unspecified atom stereocenters. The maximum atomic E-state index is 10.5. The summed E-state index contributed by atoms with van der Waals surface area (Å²) in [5, 5.41) is 16.3. The molecule has 0 bridgehead atoms. The van der Waals surface area contributed by atoms with E-state index in [1.54, 1.807) is 0 Å². The van der Waals surface area contributed by atoms with E-state index in [4.69, 9.17) is 0 Å². The van der Waals surface area contributed by atoms with Crippen LogP contribution < -0.4 is 21.2 Å². The third kappa shape index (κ3) is 4.45. The van der Waals surface area contributed by atoms with E-state index in [0.717, 1.165) is 5.06 Å². The maximum absolute atomic E-state index is 10.5. The van der Waals surface area contributed by atoms with E-state index >= 15 is 0 Å². The summed E-state index contributed by atoms with van der Waals surface area (Å²) < 4.78 is 0. The smallest absolute Gasteiger partial charge is 0.0131 e. The molecule has 0 aliphatic carbocycles. The Balaban J connectivity index is 1.92. The first kappa shape index (κ1) is 19.5. The summed E-state index contributed by atoms with van der Waals surface area (Å²) in [6.07, 6.45) is 0. The lowest BCUT2D eigenvalue weighted by molar-refractivity contribution is 1.75. The zero-order valence-corrected chi connectivity index (χ0v) is 17.7. The Morgan fingerprint density at radius 2 is 0.690 bits per heavy atom. The standard InChI is InChI=1S/C26H20NP2/c27-21-26(28(22-13-5-1-6-14-22)23-15-7-2-8-16-23)29(24-17-9-3-10-18-24)25-19-11-4-12-20-25/h1-20H/q-1. The van der Waals surface area contributed by atoms with Crippen molar-refractivity contribution in [2.45, 2.75) is 0 Å². The highest BCUT2D eigenvalue weighted by Gasteiger charge is 2.27. The van der Waals surface area contributed by atoms with E-state index in [9.17, 15) is 5.41 Å². The van der Waals surface area contributed by atoms with Crippen LogP contribution in [0.3, 0.4) is 0 Å². The second-order valence-corrected chi connectivity index (χ2v) is 11.1. The molecule has 0 saturated carbocycles. The monoisotopic (exact) mass is 408 g/mol. The molecule has 0 aliphatic heterocycles. The van der Waals surface area contributed by atoms with Crippen LogP contribution >= 0.6 is 15.8 Å². The molecule has 0 aromatic heterocycles. The van der Waals surface area contributed by atoms with Crippen molar-refractivity contribution < 1.29 is 0 Å². The Morgan fingerprint density at radius 1 is 0.448 bits per heavy atom. The minimum absolute atomic E-state index is 0.917. The van der Waals surface area contributed by atoms with Gasteiger partial charge in [0.2, 0.25) is 0 Å². The Labute approximate surface area is 174 Å². The van der Waals surface area contributed by atoms with Crippen LogP contribution in [-0.2, 0) is 0 Å². The highest BCUT2D eigenvalue weighted by molar-refractivity contribution is 7.95. The number of rotatable bonds is 6. The van der Waals surface area contributed by atoms with Gasteiger partial charge < -0.3 is 5.41 Å². The van der Waals surface area contributed by atoms with Crippen LogP contribution in [-0.4, -0.2) is 5.87 Å². The van der Waals surface area contributed by atoms with Gasteiger partial charge in [0.05, 0.1) is 0 Å². The van der Waals surface area contributed by atoms with E-state index in [1.165, 1.54) is 21.2 Å². The van der Waals surface area contributed by atoms with Gasteiger partial charge in [0, 0.05) is 5.06 Å². The molecule has 0 saturated heterocycles. The molecule has 4 aromatic rings. The van der Waals surface area contributed by atoms with E-state index in [0.29, 0.717) is 0 Å². The van der Waals surface area contributed by atoms with E-state index < -0.39 is 15.8 Å². The summed E-state index contributed by atoms with van der Waals surface area (Å²) in [5.41, 5.74) is 0. The van der Waals surface area contributed by atoms with Gasteiger partial charge in [-0.05, 0) is 37.1 Å². The first-order valence-electron chi connectivity index (χ1n) is 9.46. The average Bonchev–Trinajstić information content (AvgIpc) is 2.81. The van der Waals surface area contributed by atoms with E-state index in [2.05, 4.69) is 103 Å². The second-order valence-electron chi connectivity index (χ2n) is 6.45. The molecule has 1 nitrogen and oxygen atoms in total.